The number of pyridine rings is 1. The van der Waals surface area contributed by atoms with E-state index in [0.29, 0.717) is 54.1 Å². The first kappa shape index (κ1) is 20.3. The van der Waals surface area contributed by atoms with Gasteiger partial charge in [-0.25, -0.2) is 9.97 Å². The van der Waals surface area contributed by atoms with E-state index in [1.54, 1.807) is 29.8 Å². The molecule has 0 unspecified atom stereocenters. The molecule has 1 amide bonds. The average molecular weight is 434 g/mol. The van der Waals surface area contributed by atoms with Gasteiger partial charge in [0.15, 0.2) is 5.13 Å². The van der Waals surface area contributed by atoms with E-state index in [1.165, 1.54) is 6.07 Å². The Bertz CT molecular complexity index is 1050. The number of alkyl halides is 3. The van der Waals surface area contributed by atoms with Gasteiger partial charge in [-0.1, -0.05) is 12.1 Å². The topological polar surface area (TPSA) is 67.4 Å². The Morgan fingerprint density at radius 3 is 2.73 bits per heavy atom. The lowest BCUT2D eigenvalue weighted by atomic mass is 10.1. The number of thiazole rings is 1. The van der Waals surface area contributed by atoms with Crippen LogP contribution in [-0.2, 0) is 10.9 Å². The summed E-state index contributed by atoms with van der Waals surface area (Å²) in [6.45, 7) is 2.39. The van der Waals surface area contributed by atoms with Gasteiger partial charge in [0.05, 0.1) is 30.0 Å². The van der Waals surface area contributed by atoms with Gasteiger partial charge in [0.2, 0.25) is 0 Å². The van der Waals surface area contributed by atoms with Gasteiger partial charge in [0.25, 0.3) is 5.91 Å². The van der Waals surface area contributed by atoms with E-state index >= 15 is 0 Å². The summed E-state index contributed by atoms with van der Waals surface area (Å²) in [7, 11) is 0. The smallest absolute Gasteiger partial charge is 0.378 e. The predicted octanol–water partition coefficient (Wildman–Crippen LogP) is 4.31. The van der Waals surface area contributed by atoms with E-state index in [1.807, 2.05) is 4.90 Å². The molecule has 1 saturated heterocycles. The number of nitrogens with zero attached hydrogens (tertiary/aromatic N) is 3. The summed E-state index contributed by atoms with van der Waals surface area (Å²) < 4.78 is 44.2. The Balaban J connectivity index is 1.53. The van der Waals surface area contributed by atoms with Crippen LogP contribution in [-0.4, -0.2) is 42.2 Å². The van der Waals surface area contributed by atoms with Gasteiger partial charge in [-0.3, -0.25) is 10.1 Å². The molecule has 1 N–H and O–H groups in total. The van der Waals surface area contributed by atoms with Crippen LogP contribution < -0.4 is 10.2 Å². The maximum absolute atomic E-state index is 12.9. The molecule has 156 valence electrons. The highest BCUT2D eigenvalue weighted by molar-refractivity contribution is 7.14. The Hall–Kier alpha value is -2.98. The molecule has 1 aliphatic rings. The predicted molar refractivity (Wildman–Crippen MR) is 108 cm³/mol. The monoisotopic (exact) mass is 434 g/mol. The zero-order valence-corrected chi connectivity index (χ0v) is 16.5. The largest absolute Gasteiger partial charge is 0.416 e. The van der Waals surface area contributed by atoms with Crippen LogP contribution in [0.15, 0.2) is 48.0 Å². The first-order valence-electron chi connectivity index (χ1n) is 9.14. The Morgan fingerprint density at radius 2 is 1.97 bits per heavy atom. The van der Waals surface area contributed by atoms with Crippen molar-refractivity contribution in [2.45, 2.75) is 6.18 Å². The number of aromatic nitrogens is 2. The molecular weight excluding hydrogens is 417 g/mol. The van der Waals surface area contributed by atoms with E-state index < -0.39 is 11.7 Å². The molecule has 3 aromatic rings. The second-order valence-corrected chi connectivity index (χ2v) is 7.40. The quantitative estimate of drug-likeness (QED) is 0.663. The van der Waals surface area contributed by atoms with E-state index in [-0.39, 0.29) is 5.91 Å². The first-order valence-corrected chi connectivity index (χ1v) is 10.0. The molecule has 0 atom stereocenters. The third-order valence-electron chi connectivity index (χ3n) is 4.55. The van der Waals surface area contributed by atoms with Crippen molar-refractivity contribution in [2.24, 2.45) is 0 Å². The van der Waals surface area contributed by atoms with Crippen molar-refractivity contribution in [3.63, 3.8) is 0 Å². The summed E-state index contributed by atoms with van der Waals surface area (Å²) in [5.74, 6) is 0.183. The fourth-order valence-electron chi connectivity index (χ4n) is 3.08. The number of hydrogen-bond donors (Lipinski definition) is 1. The van der Waals surface area contributed by atoms with Crippen LogP contribution in [0.5, 0.6) is 0 Å². The molecular formula is C20H17F3N4O2S. The molecule has 10 heteroatoms. The average Bonchev–Trinajstić information content (AvgIpc) is 3.22. The van der Waals surface area contributed by atoms with E-state index in [2.05, 4.69) is 15.3 Å². The molecule has 0 bridgehead atoms. The number of rotatable bonds is 4. The standard InChI is InChI=1S/C20H17F3N4O2S/c21-20(22,23)14-4-1-3-13(11-14)16-12-30-19(25-16)26-18(28)15-5-2-6-24-17(15)27-7-9-29-10-8-27/h1-6,11-12H,7-10H2,(H,25,26,28). The van der Waals surface area contributed by atoms with Gasteiger partial charge < -0.3 is 9.64 Å². The zero-order chi connectivity index (χ0) is 21.1. The molecule has 0 spiro atoms. The van der Waals surface area contributed by atoms with Crippen molar-refractivity contribution in [3.8, 4) is 11.3 Å². The van der Waals surface area contributed by atoms with Gasteiger partial charge in [-0.15, -0.1) is 11.3 Å². The maximum Gasteiger partial charge on any atom is 0.416 e. The van der Waals surface area contributed by atoms with Gasteiger partial charge in [-0.05, 0) is 24.3 Å². The van der Waals surface area contributed by atoms with Gasteiger partial charge in [0.1, 0.15) is 5.82 Å². The minimum Gasteiger partial charge on any atom is -0.378 e. The van der Waals surface area contributed by atoms with Crippen LogP contribution in [0, 0.1) is 0 Å². The molecule has 30 heavy (non-hydrogen) atoms. The number of amides is 1. The Labute approximate surface area is 174 Å². The van der Waals surface area contributed by atoms with Crippen molar-refractivity contribution < 1.29 is 22.7 Å². The molecule has 1 aliphatic heterocycles. The molecule has 0 radical (unpaired) electrons. The molecule has 6 nitrogen and oxygen atoms in total. The fraction of sp³-hybridized carbons (Fsp3) is 0.250. The van der Waals surface area contributed by atoms with Crippen molar-refractivity contribution in [1.29, 1.82) is 0 Å². The number of anilines is 2. The zero-order valence-electron chi connectivity index (χ0n) is 15.6. The summed E-state index contributed by atoms with van der Waals surface area (Å²) in [5, 5.41) is 4.62. The second kappa shape index (κ2) is 8.41. The number of carbonyl (C=O) groups is 1. The van der Waals surface area contributed by atoms with Crippen molar-refractivity contribution in [1.82, 2.24) is 9.97 Å². The highest BCUT2D eigenvalue weighted by Crippen LogP contribution is 2.33. The number of morpholine rings is 1. The number of nitrogens with one attached hydrogen (secondary N) is 1. The van der Waals surface area contributed by atoms with Crippen LogP contribution in [0.2, 0.25) is 0 Å². The molecule has 1 fully saturated rings. The summed E-state index contributed by atoms with van der Waals surface area (Å²) in [5.41, 5.74) is 0.345. The minimum atomic E-state index is -4.43. The van der Waals surface area contributed by atoms with Crippen LogP contribution in [0.25, 0.3) is 11.3 Å². The van der Waals surface area contributed by atoms with Crippen LogP contribution in [0.3, 0.4) is 0 Å². The van der Waals surface area contributed by atoms with Gasteiger partial charge >= 0.3 is 6.18 Å². The molecule has 2 aromatic heterocycles. The Morgan fingerprint density at radius 1 is 1.17 bits per heavy atom. The highest BCUT2D eigenvalue weighted by Gasteiger charge is 2.30. The van der Waals surface area contributed by atoms with Crippen LogP contribution in [0.1, 0.15) is 15.9 Å². The summed E-state index contributed by atoms with van der Waals surface area (Å²) in [6, 6.07) is 8.28. The third kappa shape index (κ3) is 4.44. The lowest BCUT2D eigenvalue weighted by molar-refractivity contribution is -0.137. The van der Waals surface area contributed by atoms with E-state index in [0.717, 1.165) is 23.5 Å². The number of benzene rings is 1. The molecule has 0 aliphatic carbocycles. The number of halogens is 3. The van der Waals surface area contributed by atoms with Gasteiger partial charge in [-0.2, -0.15) is 13.2 Å². The SMILES string of the molecule is O=C(Nc1nc(-c2cccc(C(F)(F)F)c2)cs1)c1cccnc1N1CCOCC1. The highest BCUT2D eigenvalue weighted by atomic mass is 32.1. The summed E-state index contributed by atoms with van der Waals surface area (Å²) in [4.78, 5) is 23.4. The van der Waals surface area contributed by atoms with Crippen LogP contribution >= 0.6 is 11.3 Å². The minimum absolute atomic E-state index is 0.296. The van der Waals surface area contributed by atoms with Crippen molar-refractivity contribution in [3.05, 3.63) is 59.1 Å². The lowest BCUT2D eigenvalue weighted by Gasteiger charge is -2.29. The summed E-state index contributed by atoms with van der Waals surface area (Å²) >= 11 is 1.14. The second-order valence-electron chi connectivity index (χ2n) is 6.54. The lowest BCUT2D eigenvalue weighted by Crippen LogP contribution is -2.38. The van der Waals surface area contributed by atoms with Crippen molar-refractivity contribution >= 4 is 28.2 Å². The van der Waals surface area contributed by atoms with Crippen LogP contribution in [0.4, 0.5) is 24.1 Å². The molecule has 4 rings (SSSR count). The number of carbonyl (C=O) groups excluding carboxylic acids is 1. The van der Waals surface area contributed by atoms with E-state index in [9.17, 15) is 18.0 Å². The Kier molecular flexibility index (Phi) is 5.69. The molecule has 3 heterocycles. The summed E-state index contributed by atoms with van der Waals surface area (Å²) in [6.07, 6.45) is -2.81. The maximum atomic E-state index is 12.9. The molecule has 0 saturated carbocycles. The molecule has 1 aromatic carbocycles. The van der Waals surface area contributed by atoms with Crippen molar-refractivity contribution in [2.75, 3.05) is 36.5 Å². The third-order valence-corrected chi connectivity index (χ3v) is 5.31. The number of ether oxygens (including phenoxy) is 1. The fourth-order valence-corrected chi connectivity index (χ4v) is 3.80. The first-order chi connectivity index (χ1) is 14.4. The van der Waals surface area contributed by atoms with E-state index in [4.69, 9.17) is 4.74 Å². The normalized spacial score (nSPS) is 14.6. The van der Waals surface area contributed by atoms with Gasteiger partial charge in [0, 0.05) is 30.2 Å². The number of hydrogen-bond acceptors (Lipinski definition) is 6.